The Bertz CT molecular complexity index is 604. The first-order chi connectivity index (χ1) is 11.2. The summed E-state index contributed by atoms with van der Waals surface area (Å²) in [5.41, 5.74) is 0.979. The van der Waals surface area contributed by atoms with Crippen molar-refractivity contribution in [3.63, 3.8) is 0 Å². The van der Waals surface area contributed by atoms with Crippen molar-refractivity contribution in [3.8, 4) is 5.75 Å². The lowest BCUT2D eigenvalue weighted by molar-refractivity contribution is -0.115. The van der Waals surface area contributed by atoms with E-state index in [0.717, 1.165) is 30.3 Å². The van der Waals surface area contributed by atoms with Crippen LogP contribution in [0.1, 0.15) is 44.1 Å². The van der Waals surface area contributed by atoms with E-state index < -0.39 is 0 Å². The van der Waals surface area contributed by atoms with Gasteiger partial charge in [0.05, 0.1) is 11.5 Å². The number of amides is 1. The largest absolute Gasteiger partial charge is 0.494 e. The molecule has 1 N–H and O–H groups in total. The number of thioether (sulfide) groups is 1. The molecule has 1 saturated heterocycles. The third kappa shape index (κ3) is 4.82. The van der Waals surface area contributed by atoms with Crippen LogP contribution in [0, 0.1) is 5.92 Å². The summed E-state index contributed by atoms with van der Waals surface area (Å²) in [6, 6.07) is 7.86. The molecule has 23 heavy (non-hydrogen) atoms. The molecule has 0 spiro atoms. The predicted molar refractivity (Wildman–Crippen MR) is 99.4 cm³/mol. The standard InChI is InChI=1S/C18H21NO2S2/c20-17-16(23-18(22)19-17)12-14-6-8-15(9-7-14)21-11-10-13-4-2-1-3-5-13/h6-9,12-13H,1-5,10-11H2,(H,19,20,22). The molecule has 1 aromatic rings. The Labute approximate surface area is 146 Å². The van der Waals surface area contributed by atoms with Gasteiger partial charge in [0.15, 0.2) is 0 Å². The third-order valence-corrected chi connectivity index (χ3v) is 5.50. The van der Waals surface area contributed by atoms with E-state index in [0.29, 0.717) is 9.23 Å². The SMILES string of the molecule is O=C1NC(=S)SC1=Cc1ccc(OCCC2CCCCC2)cc1. The van der Waals surface area contributed by atoms with E-state index in [1.54, 1.807) is 0 Å². The fraction of sp³-hybridized carbons (Fsp3) is 0.444. The minimum absolute atomic E-state index is 0.118. The Kier molecular flexibility index (Phi) is 5.73. The third-order valence-electron chi connectivity index (χ3n) is 4.34. The number of thiocarbonyl (C=S) groups is 1. The second kappa shape index (κ2) is 7.97. The molecule has 1 heterocycles. The fourth-order valence-electron chi connectivity index (χ4n) is 3.05. The zero-order valence-corrected chi connectivity index (χ0v) is 14.7. The molecule has 1 aromatic carbocycles. The molecule has 3 rings (SSSR count). The molecule has 1 saturated carbocycles. The van der Waals surface area contributed by atoms with Crippen molar-refractivity contribution in [1.29, 1.82) is 0 Å². The molecule has 2 aliphatic rings. The summed E-state index contributed by atoms with van der Waals surface area (Å²) in [5, 5.41) is 2.62. The van der Waals surface area contributed by atoms with Gasteiger partial charge in [-0.15, -0.1) is 0 Å². The molecule has 0 aromatic heterocycles. The summed E-state index contributed by atoms with van der Waals surface area (Å²) in [5.74, 6) is 1.62. The average molecular weight is 348 g/mol. The van der Waals surface area contributed by atoms with Gasteiger partial charge < -0.3 is 10.1 Å². The molecule has 0 unspecified atom stereocenters. The molecule has 1 aliphatic heterocycles. The molecular weight excluding hydrogens is 326 g/mol. The van der Waals surface area contributed by atoms with Crippen molar-refractivity contribution in [2.24, 2.45) is 5.92 Å². The summed E-state index contributed by atoms with van der Waals surface area (Å²) >= 11 is 6.28. The fourth-order valence-corrected chi connectivity index (χ4v) is 4.10. The molecule has 3 nitrogen and oxygen atoms in total. The number of carbonyl (C=O) groups is 1. The second-order valence-corrected chi connectivity index (χ2v) is 7.78. The van der Waals surface area contributed by atoms with E-state index in [4.69, 9.17) is 17.0 Å². The maximum atomic E-state index is 11.6. The minimum atomic E-state index is -0.118. The quantitative estimate of drug-likeness (QED) is 0.627. The van der Waals surface area contributed by atoms with Crippen LogP contribution in [0.3, 0.4) is 0 Å². The van der Waals surface area contributed by atoms with Crippen LogP contribution in [0.2, 0.25) is 0 Å². The Balaban J connectivity index is 1.50. The van der Waals surface area contributed by atoms with Gasteiger partial charge in [0.2, 0.25) is 0 Å². The van der Waals surface area contributed by atoms with Crippen LogP contribution >= 0.6 is 24.0 Å². The van der Waals surface area contributed by atoms with Gasteiger partial charge in [0.1, 0.15) is 10.1 Å². The summed E-state index contributed by atoms with van der Waals surface area (Å²) in [6.07, 6.45) is 9.88. The highest BCUT2D eigenvalue weighted by atomic mass is 32.2. The highest BCUT2D eigenvalue weighted by Crippen LogP contribution is 2.28. The van der Waals surface area contributed by atoms with Crippen molar-refractivity contribution in [2.45, 2.75) is 38.5 Å². The lowest BCUT2D eigenvalue weighted by Crippen LogP contribution is -2.17. The van der Waals surface area contributed by atoms with Gasteiger partial charge in [-0.05, 0) is 36.1 Å². The van der Waals surface area contributed by atoms with E-state index in [1.165, 1.54) is 43.9 Å². The van der Waals surface area contributed by atoms with Crippen LogP contribution in [0.5, 0.6) is 5.75 Å². The maximum Gasteiger partial charge on any atom is 0.263 e. The van der Waals surface area contributed by atoms with Crippen LogP contribution in [0.4, 0.5) is 0 Å². The topological polar surface area (TPSA) is 38.3 Å². The molecule has 1 aliphatic carbocycles. The Morgan fingerprint density at radius 1 is 1.22 bits per heavy atom. The summed E-state index contributed by atoms with van der Waals surface area (Å²) in [7, 11) is 0. The number of nitrogens with one attached hydrogen (secondary N) is 1. The van der Waals surface area contributed by atoms with Crippen LogP contribution < -0.4 is 10.1 Å². The molecule has 5 heteroatoms. The van der Waals surface area contributed by atoms with E-state index in [2.05, 4.69) is 5.32 Å². The van der Waals surface area contributed by atoms with Crippen LogP contribution in [0.15, 0.2) is 29.2 Å². The molecule has 0 radical (unpaired) electrons. The number of rotatable bonds is 5. The van der Waals surface area contributed by atoms with Crippen LogP contribution in [0.25, 0.3) is 6.08 Å². The first-order valence-electron chi connectivity index (χ1n) is 8.18. The van der Waals surface area contributed by atoms with Gasteiger partial charge in [0.25, 0.3) is 5.91 Å². The lowest BCUT2D eigenvalue weighted by atomic mass is 9.87. The van der Waals surface area contributed by atoms with Gasteiger partial charge in [-0.25, -0.2) is 0 Å². The van der Waals surface area contributed by atoms with Crippen LogP contribution in [-0.2, 0) is 4.79 Å². The summed E-state index contributed by atoms with van der Waals surface area (Å²) in [4.78, 5) is 12.3. The molecule has 122 valence electrons. The molecule has 0 atom stereocenters. The van der Waals surface area contributed by atoms with E-state index in [-0.39, 0.29) is 5.91 Å². The van der Waals surface area contributed by atoms with Gasteiger partial charge in [-0.2, -0.15) is 0 Å². The highest BCUT2D eigenvalue weighted by molar-refractivity contribution is 8.26. The second-order valence-electron chi connectivity index (χ2n) is 6.06. The molecule has 2 fully saturated rings. The predicted octanol–water partition coefficient (Wildman–Crippen LogP) is 4.52. The number of carbonyl (C=O) groups excluding carboxylic acids is 1. The number of hydrogen-bond donors (Lipinski definition) is 1. The van der Waals surface area contributed by atoms with Gasteiger partial charge >= 0.3 is 0 Å². The number of benzene rings is 1. The van der Waals surface area contributed by atoms with Gasteiger partial charge in [0, 0.05) is 0 Å². The van der Waals surface area contributed by atoms with Crippen molar-refractivity contribution >= 4 is 40.3 Å². The van der Waals surface area contributed by atoms with Crippen molar-refractivity contribution < 1.29 is 9.53 Å². The van der Waals surface area contributed by atoms with Crippen LogP contribution in [-0.4, -0.2) is 16.8 Å². The molecule has 1 amide bonds. The van der Waals surface area contributed by atoms with E-state index in [1.807, 2.05) is 30.3 Å². The normalized spacial score (nSPS) is 20.8. The zero-order chi connectivity index (χ0) is 16.1. The van der Waals surface area contributed by atoms with Gasteiger partial charge in [-0.3, -0.25) is 4.79 Å². The highest BCUT2D eigenvalue weighted by Gasteiger charge is 2.21. The monoisotopic (exact) mass is 347 g/mol. The van der Waals surface area contributed by atoms with Crippen molar-refractivity contribution in [2.75, 3.05) is 6.61 Å². The molecular formula is C18H21NO2S2. The summed E-state index contributed by atoms with van der Waals surface area (Å²) in [6.45, 7) is 0.789. The van der Waals surface area contributed by atoms with Gasteiger partial charge in [-0.1, -0.05) is 68.2 Å². The molecule has 0 bridgehead atoms. The zero-order valence-electron chi connectivity index (χ0n) is 13.0. The lowest BCUT2D eigenvalue weighted by Gasteiger charge is -2.21. The summed E-state index contributed by atoms with van der Waals surface area (Å²) < 4.78 is 6.36. The number of hydrogen-bond acceptors (Lipinski definition) is 4. The Morgan fingerprint density at radius 3 is 2.61 bits per heavy atom. The smallest absolute Gasteiger partial charge is 0.263 e. The van der Waals surface area contributed by atoms with Crippen molar-refractivity contribution in [1.82, 2.24) is 5.32 Å². The number of ether oxygens (including phenoxy) is 1. The average Bonchev–Trinajstić information content (AvgIpc) is 2.88. The Hall–Kier alpha value is -1.33. The first kappa shape index (κ1) is 16.5. The first-order valence-corrected chi connectivity index (χ1v) is 9.41. The minimum Gasteiger partial charge on any atom is -0.494 e. The van der Waals surface area contributed by atoms with E-state index >= 15 is 0 Å². The van der Waals surface area contributed by atoms with Crippen molar-refractivity contribution in [3.05, 3.63) is 34.7 Å². The maximum absolute atomic E-state index is 11.6. The Morgan fingerprint density at radius 2 is 1.96 bits per heavy atom. The van der Waals surface area contributed by atoms with E-state index in [9.17, 15) is 4.79 Å².